The molecule has 1 aromatic rings. The zero-order chi connectivity index (χ0) is 24.9. The highest BCUT2D eigenvalue weighted by atomic mass is 19.4. The fourth-order valence-corrected chi connectivity index (χ4v) is 3.82. The molecule has 0 fully saturated rings. The predicted octanol–water partition coefficient (Wildman–Crippen LogP) is 9.46. The number of benzene rings is 1. The summed E-state index contributed by atoms with van der Waals surface area (Å²) in [5.74, 6) is 4.68. The second-order valence-corrected chi connectivity index (χ2v) is 9.15. The van der Waals surface area contributed by atoms with Crippen molar-refractivity contribution in [2.45, 2.75) is 117 Å². The van der Waals surface area contributed by atoms with Gasteiger partial charge in [-0.15, -0.1) is 5.92 Å². The maximum atomic E-state index is 12.5. The molecule has 1 aromatic carbocycles. The van der Waals surface area contributed by atoms with E-state index in [1.165, 1.54) is 82.9 Å². The summed E-state index contributed by atoms with van der Waals surface area (Å²) >= 11 is 0. The van der Waals surface area contributed by atoms with E-state index in [9.17, 15) is 12.9 Å². The van der Waals surface area contributed by atoms with Crippen molar-refractivity contribution in [1.82, 2.24) is 0 Å². The van der Waals surface area contributed by atoms with E-state index in [4.69, 9.17) is 9.47 Å². The van der Waals surface area contributed by atoms with Crippen LogP contribution in [0.2, 0.25) is 0 Å². The second-order valence-electron chi connectivity index (χ2n) is 9.15. The van der Waals surface area contributed by atoms with Gasteiger partial charge < -0.3 is 22.4 Å². The van der Waals surface area contributed by atoms with E-state index in [2.05, 4.69) is 19.8 Å². The lowest BCUT2D eigenvalue weighted by Gasteiger charge is -2.14. The fourth-order valence-electron chi connectivity index (χ4n) is 3.82. The van der Waals surface area contributed by atoms with E-state index in [0.29, 0.717) is 30.3 Å². The van der Waals surface area contributed by atoms with E-state index in [1.807, 2.05) is 0 Å². The maximum absolute atomic E-state index is 12.5. The molecule has 0 radical (unpaired) electrons. The monoisotopic (exact) mass is 481 g/mol. The van der Waals surface area contributed by atoms with E-state index in [-0.39, 0.29) is 0 Å². The van der Waals surface area contributed by atoms with Gasteiger partial charge in [-0.05, 0) is 31.0 Å². The van der Waals surface area contributed by atoms with Crippen molar-refractivity contribution in [3.05, 3.63) is 23.8 Å². The molecule has 0 bridgehead atoms. The average Bonchev–Trinajstić information content (AvgIpc) is 2.81. The number of halogens is 3. The quantitative estimate of drug-likeness (QED) is 0.105. The van der Waals surface area contributed by atoms with Crippen molar-refractivity contribution in [3.8, 4) is 23.2 Å². The molecule has 0 aromatic heterocycles. The van der Waals surface area contributed by atoms with Crippen LogP contribution in [0.1, 0.15) is 122 Å². The van der Waals surface area contributed by atoms with Gasteiger partial charge in [-0.2, -0.15) is 5.82 Å². The summed E-state index contributed by atoms with van der Waals surface area (Å²) in [7, 11) is 0. The lowest BCUT2D eigenvalue weighted by Crippen LogP contribution is -2.10. The molecule has 0 amide bonds. The van der Waals surface area contributed by atoms with Crippen LogP contribution in [0.3, 0.4) is 0 Å². The zero-order valence-electron chi connectivity index (χ0n) is 21.5. The Labute approximate surface area is 206 Å². The predicted molar refractivity (Wildman–Crippen MR) is 139 cm³/mol. The Morgan fingerprint density at radius 2 is 1.06 bits per heavy atom. The van der Waals surface area contributed by atoms with E-state index >= 15 is 0 Å². The third-order valence-electron chi connectivity index (χ3n) is 5.83. The number of rotatable bonds is 20. The van der Waals surface area contributed by atoms with E-state index < -0.39 is 6.98 Å². The van der Waals surface area contributed by atoms with Gasteiger partial charge in [-0.1, -0.05) is 104 Å². The van der Waals surface area contributed by atoms with Crippen molar-refractivity contribution >= 4 is 6.98 Å². The van der Waals surface area contributed by atoms with E-state index in [1.54, 1.807) is 18.2 Å². The number of ether oxygens (including phenoxy) is 2. The standard InChI is InChI=1S/C28H45BF3O2/c1-3-5-7-9-11-13-15-17-23-33-27-20-19-26(21-22-29(30,31)32)25-28(27)34-24-18-16-14-12-10-8-6-4-2/h19-20,25H,3-18,23-24H2,1-2H3/q-1. The van der Waals surface area contributed by atoms with Crippen LogP contribution < -0.4 is 9.47 Å². The molecular formula is C28H45BF3O2-. The Morgan fingerprint density at radius 1 is 0.618 bits per heavy atom. The smallest absolute Gasteiger partial charge is 0.490 e. The van der Waals surface area contributed by atoms with Crippen LogP contribution in [0.5, 0.6) is 11.5 Å². The van der Waals surface area contributed by atoms with Crippen LogP contribution in [-0.4, -0.2) is 20.2 Å². The molecule has 6 heteroatoms. The molecule has 0 saturated heterocycles. The average molecular weight is 481 g/mol. The third kappa shape index (κ3) is 16.8. The van der Waals surface area contributed by atoms with Crippen molar-refractivity contribution in [2.24, 2.45) is 0 Å². The summed E-state index contributed by atoms with van der Waals surface area (Å²) in [6.07, 6.45) is 19.4. The number of hydrogen-bond donors (Lipinski definition) is 0. The first-order chi connectivity index (χ1) is 16.5. The molecule has 0 aliphatic heterocycles. The van der Waals surface area contributed by atoms with Crippen molar-refractivity contribution in [1.29, 1.82) is 0 Å². The number of unbranched alkanes of at least 4 members (excludes halogenated alkanes) is 14. The minimum Gasteiger partial charge on any atom is -0.490 e. The van der Waals surface area contributed by atoms with Gasteiger partial charge in [0.15, 0.2) is 11.5 Å². The van der Waals surface area contributed by atoms with Crippen LogP contribution in [0.25, 0.3) is 0 Å². The lowest BCUT2D eigenvalue weighted by atomic mass is 9.93. The van der Waals surface area contributed by atoms with Crippen LogP contribution in [0, 0.1) is 11.7 Å². The summed E-state index contributed by atoms with van der Waals surface area (Å²) in [6.45, 7) is 0.419. The van der Waals surface area contributed by atoms with Gasteiger partial charge in [0.25, 0.3) is 0 Å². The Morgan fingerprint density at radius 3 is 1.53 bits per heavy atom. The topological polar surface area (TPSA) is 18.5 Å². The van der Waals surface area contributed by atoms with Gasteiger partial charge in [0, 0.05) is 5.56 Å². The molecule has 1 rings (SSSR count). The Balaban J connectivity index is 2.48. The second kappa shape index (κ2) is 19.5. The van der Waals surface area contributed by atoms with Crippen molar-refractivity contribution < 1.29 is 22.4 Å². The van der Waals surface area contributed by atoms with Crippen molar-refractivity contribution in [2.75, 3.05) is 13.2 Å². The Hall–Kier alpha value is -1.77. The van der Waals surface area contributed by atoms with Crippen molar-refractivity contribution in [3.63, 3.8) is 0 Å². The first kappa shape index (κ1) is 30.3. The Kier molecular flexibility index (Phi) is 17.4. The molecule has 0 saturated carbocycles. The SMILES string of the molecule is CCCCCCCCCCOc1ccc(C#C[B-](F)(F)F)cc1OCCCCCCCCCC. The first-order valence-corrected chi connectivity index (χ1v) is 13.6. The third-order valence-corrected chi connectivity index (χ3v) is 5.83. The maximum Gasteiger partial charge on any atom is 0.558 e. The van der Waals surface area contributed by atoms with Gasteiger partial charge in [0.05, 0.1) is 13.2 Å². The normalized spacial score (nSPS) is 11.2. The molecule has 0 N–H and O–H groups in total. The van der Waals surface area contributed by atoms with Crippen LogP contribution in [0.4, 0.5) is 12.9 Å². The molecule has 34 heavy (non-hydrogen) atoms. The summed E-state index contributed by atoms with van der Waals surface area (Å²) in [5, 5.41) is 0. The molecular weight excluding hydrogens is 436 g/mol. The molecule has 194 valence electrons. The van der Waals surface area contributed by atoms with Crippen LogP contribution >= 0.6 is 0 Å². The Bertz CT molecular complexity index is 695. The summed E-state index contributed by atoms with van der Waals surface area (Å²) in [5.41, 5.74) is 0.296. The van der Waals surface area contributed by atoms with Gasteiger partial charge in [-0.25, -0.2) is 0 Å². The van der Waals surface area contributed by atoms with Crippen LogP contribution in [-0.2, 0) is 0 Å². The molecule has 0 aliphatic carbocycles. The molecule has 0 aliphatic rings. The first-order valence-electron chi connectivity index (χ1n) is 13.6. The van der Waals surface area contributed by atoms with Gasteiger partial charge in [-0.3, -0.25) is 0 Å². The molecule has 0 atom stereocenters. The largest absolute Gasteiger partial charge is 0.558 e. The molecule has 2 nitrogen and oxygen atoms in total. The fraction of sp³-hybridized carbons (Fsp3) is 0.714. The summed E-state index contributed by atoms with van der Waals surface area (Å²) in [6, 6.07) is 4.82. The van der Waals surface area contributed by atoms with Gasteiger partial charge in [0.2, 0.25) is 0 Å². The summed E-state index contributed by atoms with van der Waals surface area (Å²) in [4.78, 5) is 0. The summed E-state index contributed by atoms with van der Waals surface area (Å²) < 4.78 is 49.4. The minimum absolute atomic E-state index is 0.296. The number of hydrogen-bond acceptors (Lipinski definition) is 2. The molecule has 0 spiro atoms. The van der Waals surface area contributed by atoms with Gasteiger partial charge >= 0.3 is 6.98 Å². The highest BCUT2D eigenvalue weighted by molar-refractivity contribution is 6.67. The van der Waals surface area contributed by atoms with Gasteiger partial charge in [0.1, 0.15) is 0 Å². The molecule has 0 heterocycles. The highest BCUT2D eigenvalue weighted by Crippen LogP contribution is 2.29. The van der Waals surface area contributed by atoms with E-state index in [0.717, 1.165) is 25.7 Å². The van der Waals surface area contributed by atoms with Crippen LogP contribution in [0.15, 0.2) is 18.2 Å². The highest BCUT2D eigenvalue weighted by Gasteiger charge is 2.18. The zero-order valence-corrected chi connectivity index (χ0v) is 21.5. The lowest BCUT2D eigenvalue weighted by molar-refractivity contribution is 0.258. The minimum atomic E-state index is -5.14. The molecule has 0 unspecified atom stereocenters.